The van der Waals surface area contributed by atoms with Crippen molar-refractivity contribution in [1.82, 2.24) is 5.32 Å². The Balaban J connectivity index is 1.87. The van der Waals surface area contributed by atoms with Gasteiger partial charge in [0.1, 0.15) is 5.41 Å². The maximum atomic E-state index is 11.9. The van der Waals surface area contributed by atoms with Crippen molar-refractivity contribution in [3.63, 3.8) is 0 Å². The highest BCUT2D eigenvalue weighted by Gasteiger charge is 2.51. The molecule has 1 N–H and O–H groups in total. The zero-order valence-electron chi connectivity index (χ0n) is 10.1. The van der Waals surface area contributed by atoms with E-state index in [-0.39, 0.29) is 5.91 Å². The van der Waals surface area contributed by atoms with Gasteiger partial charge in [0.2, 0.25) is 5.91 Å². The van der Waals surface area contributed by atoms with Gasteiger partial charge in [0.05, 0.1) is 6.07 Å². The number of nitrogens with one attached hydrogen (secondary N) is 1. The van der Waals surface area contributed by atoms with Crippen LogP contribution in [-0.2, 0) is 4.79 Å². The van der Waals surface area contributed by atoms with Gasteiger partial charge in [-0.3, -0.25) is 4.79 Å². The average Bonchev–Trinajstić information content (AvgIpc) is 3.04. The van der Waals surface area contributed by atoms with Crippen LogP contribution in [0.25, 0.3) is 0 Å². The van der Waals surface area contributed by atoms with Crippen molar-refractivity contribution in [2.45, 2.75) is 52.0 Å². The molecule has 0 spiro atoms. The predicted molar refractivity (Wildman–Crippen MR) is 61.4 cm³/mol. The fraction of sp³-hybridized carbons (Fsp3) is 0.846. The van der Waals surface area contributed by atoms with Crippen LogP contribution in [-0.4, -0.2) is 11.9 Å². The van der Waals surface area contributed by atoms with Crippen LogP contribution in [0, 0.1) is 28.6 Å². The van der Waals surface area contributed by atoms with Gasteiger partial charge in [0.25, 0.3) is 0 Å². The van der Waals surface area contributed by atoms with E-state index >= 15 is 0 Å². The van der Waals surface area contributed by atoms with Crippen molar-refractivity contribution >= 4 is 5.91 Å². The first-order chi connectivity index (χ1) is 7.57. The van der Waals surface area contributed by atoms with Gasteiger partial charge in [-0.25, -0.2) is 0 Å². The van der Waals surface area contributed by atoms with Crippen LogP contribution in [0.1, 0.15) is 46.0 Å². The van der Waals surface area contributed by atoms with Crippen LogP contribution >= 0.6 is 0 Å². The first-order valence-electron chi connectivity index (χ1n) is 6.29. The minimum absolute atomic E-state index is 0.0262. The van der Waals surface area contributed by atoms with Crippen molar-refractivity contribution in [2.75, 3.05) is 0 Å². The summed E-state index contributed by atoms with van der Waals surface area (Å²) >= 11 is 0. The lowest BCUT2D eigenvalue weighted by Crippen LogP contribution is -2.43. The van der Waals surface area contributed by atoms with E-state index < -0.39 is 5.41 Å². The number of carbonyl (C=O) groups is 1. The summed E-state index contributed by atoms with van der Waals surface area (Å²) in [6.07, 6.45) is 4.81. The standard InChI is InChI=1S/C13H20N2O/c1-9-3-4-11(7-10(9)2)15-12(16)13(8-14)5-6-13/h9-11H,3-7H2,1-2H3,(H,15,16). The summed E-state index contributed by atoms with van der Waals surface area (Å²) in [5, 5.41) is 12.0. The number of amides is 1. The Morgan fingerprint density at radius 1 is 1.31 bits per heavy atom. The topological polar surface area (TPSA) is 52.9 Å². The first-order valence-corrected chi connectivity index (χ1v) is 6.29. The van der Waals surface area contributed by atoms with Crippen LogP contribution in [0.2, 0.25) is 0 Å². The highest BCUT2D eigenvalue weighted by molar-refractivity contribution is 5.88. The molecule has 0 aliphatic heterocycles. The molecule has 3 heteroatoms. The van der Waals surface area contributed by atoms with Crippen molar-refractivity contribution in [3.05, 3.63) is 0 Å². The second kappa shape index (κ2) is 4.08. The third kappa shape index (κ3) is 2.07. The first kappa shape index (κ1) is 11.4. The average molecular weight is 220 g/mol. The maximum Gasteiger partial charge on any atom is 0.240 e. The monoisotopic (exact) mass is 220 g/mol. The van der Waals surface area contributed by atoms with E-state index in [1.165, 1.54) is 6.42 Å². The quantitative estimate of drug-likeness (QED) is 0.775. The molecule has 3 atom stereocenters. The molecule has 3 nitrogen and oxygen atoms in total. The van der Waals surface area contributed by atoms with Crippen LogP contribution in [0.4, 0.5) is 0 Å². The smallest absolute Gasteiger partial charge is 0.240 e. The van der Waals surface area contributed by atoms with Crippen molar-refractivity contribution in [3.8, 4) is 6.07 Å². The van der Waals surface area contributed by atoms with Crippen LogP contribution in [0.5, 0.6) is 0 Å². The molecule has 3 unspecified atom stereocenters. The summed E-state index contributed by atoms with van der Waals surface area (Å²) in [6, 6.07) is 2.45. The molecule has 0 aromatic heterocycles. The number of nitrogens with zero attached hydrogens (tertiary/aromatic N) is 1. The molecule has 2 saturated carbocycles. The van der Waals surface area contributed by atoms with Gasteiger partial charge >= 0.3 is 0 Å². The fourth-order valence-corrected chi connectivity index (χ4v) is 2.52. The van der Waals surface area contributed by atoms with Crippen LogP contribution in [0.3, 0.4) is 0 Å². The lowest BCUT2D eigenvalue weighted by Gasteiger charge is -2.32. The van der Waals surface area contributed by atoms with Crippen molar-refractivity contribution in [2.24, 2.45) is 17.3 Å². The molecule has 0 saturated heterocycles. The van der Waals surface area contributed by atoms with Gasteiger partial charge in [-0.15, -0.1) is 0 Å². The largest absolute Gasteiger partial charge is 0.352 e. The van der Waals surface area contributed by atoms with Gasteiger partial charge < -0.3 is 5.32 Å². The summed E-state index contributed by atoms with van der Waals surface area (Å²) in [5.41, 5.74) is -0.660. The zero-order valence-corrected chi connectivity index (χ0v) is 10.1. The van der Waals surface area contributed by atoms with E-state index in [1.54, 1.807) is 0 Å². The van der Waals surface area contributed by atoms with E-state index in [0.29, 0.717) is 12.0 Å². The Morgan fingerprint density at radius 3 is 2.50 bits per heavy atom. The molecular weight excluding hydrogens is 200 g/mol. The molecule has 0 heterocycles. The van der Waals surface area contributed by atoms with E-state index in [4.69, 9.17) is 5.26 Å². The second-order valence-electron chi connectivity index (χ2n) is 5.63. The lowest BCUT2D eigenvalue weighted by atomic mass is 9.79. The zero-order chi connectivity index (χ0) is 11.8. The van der Waals surface area contributed by atoms with Crippen LogP contribution < -0.4 is 5.32 Å². The Hall–Kier alpha value is -1.04. The minimum Gasteiger partial charge on any atom is -0.352 e. The highest BCUT2D eigenvalue weighted by atomic mass is 16.2. The Bertz CT molecular complexity index is 327. The van der Waals surface area contributed by atoms with Crippen LogP contribution in [0.15, 0.2) is 0 Å². The van der Waals surface area contributed by atoms with Gasteiger partial charge in [0.15, 0.2) is 0 Å². The third-order valence-corrected chi connectivity index (χ3v) is 4.33. The Labute approximate surface area is 97.2 Å². The number of hydrogen-bond acceptors (Lipinski definition) is 2. The molecule has 1 amide bonds. The summed E-state index contributed by atoms with van der Waals surface area (Å²) < 4.78 is 0. The Kier molecular flexibility index (Phi) is 2.92. The van der Waals surface area contributed by atoms with E-state index in [1.807, 2.05) is 0 Å². The van der Waals surface area contributed by atoms with E-state index in [0.717, 1.165) is 31.6 Å². The second-order valence-corrected chi connectivity index (χ2v) is 5.63. The summed E-state index contributed by atoms with van der Waals surface area (Å²) in [7, 11) is 0. The summed E-state index contributed by atoms with van der Waals surface area (Å²) in [6.45, 7) is 4.53. The van der Waals surface area contributed by atoms with Crippen molar-refractivity contribution in [1.29, 1.82) is 5.26 Å². The molecular formula is C13H20N2O. The number of hydrogen-bond donors (Lipinski definition) is 1. The number of carbonyl (C=O) groups excluding carboxylic acids is 1. The Morgan fingerprint density at radius 2 is 2.00 bits per heavy atom. The summed E-state index contributed by atoms with van der Waals surface area (Å²) in [5.74, 6) is 1.41. The maximum absolute atomic E-state index is 11.9. The van der Waals surface area contributed by atoms with E-state index in [9.17, 15) is 4.79 Å². The number of rotatable bonds is 2. The van der Waals surface area contributed by atoms with Gasteiger partial charge in [-0.1, -0.05) is 13.8 Å². The minimum atomic E-state index is -0.660. The van der Waals surface area contributed by atoms with E-state index in [2.05, 4.69) is 25.2 Å². The van der Waals surface area contributed by atoms with Gasteiger partial charge in [-0.05, 0) is 43.9 Å². The summed E-state index contributed by atoms with van der Waals surface area (Å²) in [4.78, 5) is 11.9. The molecule has 2 rings (SSSR count). The molecule has 16 heavy (non-hydrogen) atoms. The lowest BCUT2D eigenvalue weighted by molar-refractivity contribution is -0.125. The molecule has 2 fully saturated rings. The normalized spacial score (nSPS) is 36.2. The van der Waals surface area contributed by atoms with Crippen molar-refractivity contribution < 1.29 is 4.79 Å². The molecule has 2 aliphatic rings. The molecule has 0 aromatic rings. The fourth-order valence-electron chi connectivity index (χ4n) is 2.52. The van der Waals surface area contributed by atoms with Gasteiger partial charge in [0, 0.05) is 6.04 Å². The SMILES string of the molecule is CC1CCC(NC(=O)C2(C#N)CC2)CC1C. The predicted octanol–water partition coefficient (Wildman–Crippen LogP) is 2.23. The third-order valence-electron chi connectivity index (χ3n) is 4.33. The highest BCUT2D eigenvalue weighted by Crippen LogP contribution is 2.45. The molecule has 88 valence electrons. The molecule has 0 bridgehead atoms. The van der Waals surface area contributed by atoms with Gasteiger partial charge in [-0.2, -0.15) is 5.26 Å². The molecule has 2 aliphatic carbocycles. The molecule has 0 radical (unpaired) electrons. The molecule has 0 aromatic carbocycles. The number of nitriles is 1.